The number of urea groups is 1. The molecule has 0 saturated heterocycles. The van der Waals surface area contributed by atoms with Crippen LogP contribution in [0.5, 0.6) is 0 Å². The zero-order chi connectivity index (χ0) is 19.8. The number of rotatable bonds is 8. The van der Waals surface area contributed by atoms with Crippen molar-refractivity contribution >= 4 is 56.8 Å². The van der Waals surface area contributed by atoms with E-state index in [1.165, 1.54) is 0 Å². The van der Waals surface area contributed by atoms with Crippen molar-refractivity contribution in [3.8, 4) is 0 Å². The monoisotopic (exact) mass is 508 g/mol. The molecule has 0 saturated carbocycles. The van der Waals surface area contributed by atoms with Crippen molar-refractivity contribution in [1.29, 1.82) is 0 Å². The number of pyridine rings is 1. The molecule has 0 aliphatic heterocycles. The fourth-order valence-corrected chi connectivity index (χ4v) is 3.63. The lowest BCUT2D eigenvalue weighted by Crippen LogP contribution is -2.40. The summed E-state index contributed by atoms with van der Waals surface area (Å²) in [6, 6.07) is 19.2. The third-order valence-electron chi connectivity index (χ3n) is 4.26. The Morgan fingerprint density at radius 3 is 2.64 bits per heavy atom. The molecule has 0 spiro atoms. The summed E-state index contributed by atoms with van der Waals surface area (Å²) in [4.78, 5) is 19.0. The normalized spacial score (nSPS) is 10.8. The van der Waals surface area contributed by atoms with Gasteiger partial charge in [0.1, 0.15) is 0 Å². The van der Waals surface area contributed by atoms with Gasteiger partial charge in [-0.15, -0.1) is 0 Å². The molecule has 3 aromatic rings. The van der Waals surface area contributed by atoms with E-state index in [1.807, 2.05) is 65.6 Å². The highest BCUT2D eigenvalue weighted by Crippen LogP contribution is 2.21. The number of aromatic nitrogens is 1. The van der Waals surface area contributed by atoms with Crippen LogP contribution in [0, 0.1) is 0 Å². The first-order valence-electron chi connectivity index (χ1n) is 9.09. The van der Waals surface area contributed by atoms with Crippen molar-refractivity contribution < 1.29 is 4.79 Å². The first kappa shape index (κ1) is 20.8. The van der Waals surface area contributed by atoms with E-state index < -0.39 is 0 Å². The molecule has 0 aliphatic carbocycles. The zero-order valence-electron chi connectivity index (χ0n) is 15.4. The molecule has 1 heterocycles. The average molecular weight is 509 g/mol. The number of hydrogen-bond acceptors (Lipinski definition) is 3. The molecule has 2 amide bonds. The minimum Gasteiger partial charge on any atom is -0.322 e. The summed E-state index contributed by atoms with van der Waals surface area (Å²) < 4.78 is 0.880. The Morgan fingerprint density at radius 2 is 1.86 bits per heavy atom. The number of hydrogen-bond donors (Lipinski definition) is 2. The Kier molecular flexibility index (Phi) is 7.88. The van der Waals surface area contributed by atoms with Crippen molar-refractivity contribution in [2.45, 2.75) is 6.54 Å². The predicted molar refractivity (Wildman–Crippen MR) is 124 cm³/mol. The van der Waals surface area contributed by atoms with Gasteiger partial charge in [0.05, 0.1) is 16.2 Å². The highest BCUT2D eigenvalue weighted by Gasteiger charge is 2.12. The summed E-state index contributed by atoms with van der Waals surface area (Å²) in [5.74, 6) is 0. The number of benzene rings is 2. The van der Waals surface area contributed by atoms with Gasteiger partial charge in [-0.1, -0.05) is 70.6 Å². The standard InChI is InChI=1S/C21H22ClIN4O/c22-19-8-4-5-16-9-10-18(25-20(16)19)15-24-12-14-27(13-11-23)21(28)26-17-6-2-1-3-7-17/h1-10,24H,11-15H2,(H,26,28). The lowest BCUT2D eigenvalue weighted by Gasteiger charge is -2.22. The van der Waals surface area contributed by atoms with Gasteiger partial charge in [-0.3, -0.25) is 0 Å². The van der Waals surface area contributed by atoms with Crippen molar-refractivity contribution in [2.75, 3.05) is 29.4 Å². The third-order valence-corrected chi connectivity index (χ3v) is 5.05. The Morgan fingerprint density at radius 1 is 1.04 bits per heavy atom. The van der Waals surface area contributed by atoms with Crippen molar-refractivity contribution in [3.05, 3.63) is 71.4 Å². The maximum Gasteiger partial charge on any atom is 0.321 e. The molecule has 0 unspecified atom stereocenters. The van der Waals surface area contributed by atoms with Gasteiger partial charge < -0.3 is 15.5 Å². The van der Waals surface area contributed by atoms with Gasteiger partial charge in [0.25, 0.3) is 0 Å². The topological polar surface area (TPSA) is 57.3 Å². The van der Waals surface area contributed by atoms with Crippen LogP contribution in [0.1, 0.15) is 5.69 Å². The molecule has 2 N–H and O–H groups in total. The number of amides is 2. The van der Waals surface area contributed by atoms with Gasteiger partial charge in [-0.2, -0.15) is 0 Å². The molecule has 28 heavy (non-hydrogen) atoms. The molecule has 3 rings (SSSR count). The van der Waals surface area contributed by atoms with E-state index in [2.05, 4.69) is 38.2 Å². The molecule has 0 fully saturated rings. The SMILES string of the molecule is O=C(Nc1ccccc1)N(CCI)CCNCc1ccc2cccc(Cl)c2n1. The molecular formula is C21H22ClIN4O. The highest BCUT2D eigenvalue weighted by atomic mass is 127. The number of alkyl halides is 1. The highest BCUT2D eigenvalue weighted by molar-refractivity contribution is 14.1. The summed E-state index contributed by atoms with van der Waals surface area (Å²) in [6.45, 7) is 2.63. The van der Waals surface area contributed by atoms with Crippen molar-refractivity contribution in [1.82, 2.24) is 15.2 Å². The molecule has 7 heteroatoms. The van der Waals surface area contributed by atoms with Crippen LogP contribution >= 0.6 is 34.2 Å². The van der Waals surface area contributed by atoms with Crippen LogP contribution in [0.25, 0.3) is 10.9 Å². The first-order valence-corrected chi connectivity index (χ1v) is 11.0. The predicted octanol–water partition coefficient (Wildman–Crippen LogP) is 4.95. The Balaban J connectivity index is 1.52. The van der Waals surface area contributed by atoms with Gasteiger partial charge in [-0.05, 0) is 24.3 Å². The molecule has 146 valence electrons. The summed E-state index contributed by atoms with van der Waals surface area (Å²) in [5.41, 5.74) is 2.54. The van der Waals surface area contributed by atoms with Crippen LogP contribution in [0.15, 0.2) is 60.7 Å². The maximum atomic E-state index is 12.5. The lowest BCUT2D eigenvalue weighted by atomic mass is 10.2. The number of carbonyl (C=O) groups excluding carboxylic acids is 1. The van der Waals surface area contributed by atoms with Crippen molar-refractivity contribution in [2.24, 2.45) is 0 Å². The Bertz CT molecular complexity index is 923. The minimum absolute atomic E-state index is 0.0831. The fraction of sp³-hybridized carbons (Fsp3) is 0.238. The average Bonchev–Trinajstić information content (AvgIpc) is 2.71. The zero-order valence-corrected chi connectivity index (χ0v) is 18.3. The van der Waals surface area contributed by atoms with E-state index in [9.17, 15) is 4.79 Å². The van der Waals surface area contributed by atoms with Gasteiger partial charge in [0, 0.05) is 41.7 Å². The van der Waals surface area contributed by atoms with Crippen LogP contribution in [-0.2, 0) is 6.54 Å². The van der Waals surface area contributed by atoms with E-state index in [4.69, 9.17) is 11.6 Å². The Hall–Kier alpha value is -1.90. The number of para-hydroxylation sites is 2. The lowest BCUT2D eigenvalue weighted by molar-refractivity contribution is 0.215. The summed E-state index contributed by atoms with van der Waals surface area (Å²) in [5, 5.41) is 7.99. The van der Waals surface area contributed by atoms with E-state index in [1.54, 1.807) is 0 Å². The van der Waals surface area contributed by atoms with Gasteiger partial charge in [-0.25, -0.2) is 9.78 Å². The van der Waals surface area contributed by atoms with E-state index >= 15 is 0 Å². The van der Waals surface area contributed by atoms with E-state index in [0.29, 0.717) is 31.2 Å². The number of nitrogens with one attached hydrogen (secondary N) is 2. The minimum atomic E-state index is -0.0831. The molecule has 0 aliphatic rings. The largest absolute Gasteiger partial charge is 0.322 e. The molecule has 0 radical (unpaired) electrons. The third kappa shape index (κ3) is 5.80. The quantitative estimate of drug-likeness (QED) is 0.257. The molecule has 0 atom stereocenters. The summed E-state index contributed by atoms with van der Waals surface area (Å²) >= 11 is 8.52. The number of nitrogens with zero attached hydrogens (tertiary/aromatic N) is 2. The fourth-order valence-electron chi connectivity index (χ4n) is 2.82. The van der Waals surface area contributed by atoms with Gasteiger partial charge in [0.2, 0.25) is 0 Å². The molecule has 2 aromatic carbocycles. The molecule has 0 bridgehead atoms. The molecular weight excluding hydrogens is 487 g/mol. The Labute approximate surface area is 183 Å². The summed E-state index contributed by atoms with van der Waals surface area (Å²) in [7, 11) is 0. The van der Waals surface area contributed by atoms with Crippen LogP contribution in [0.4, 0.5) is 10.5 Å². The van der Waals surface area contributed by atoms with Gasteiger partial charge in [0.15, 0.2) is 0 Å². The number of carbonyl (C=O) groups is 1. The maximum absolute atomic E-state index is 12.5. The number of anilines is 1. The summed E-state index contributed by atoms with van der Waals surface area (Å²) in [6.07, 6.45) is 0. The molecule has 5 nitrogen and oxygen atoms in total. The van der Waals surface area contributed by atoms with Crippen LogP contribution < -0.4 is 10.6 Å². The van der Waals surface area contributed by atoms with Crippen LogP contribution in [0.2, 0.25) is 5.02 Å². The second kappa shape index (κ2) is 10.6. The van der Waals surface area contributed by atoms with Crippen LogP contribution in [0.3, 0.4) is 0 Å². The number of fused-ring (bicyclic) bond motifs is 1. The van der Waals surface area contributed by atoms with Crippen molar-refractivity contribution in [3.63, 3.8) is 0 Å². The second-order valence-electron chi connectivity index (χ2n) is 6.26. The van der Waals surface area contributed by atoms with E-state index in [0.717, 1.165) is 26.7 Å². The molecule has 1 aromatic heterocycles. The first-order chi connectivity index (χ1) is 13.7. The van der Waals surface area contributed by atoms with Crippen LogP contribution in [-0.4, -0.2) is 40.0 Å². The number of halogens is 2. The van der Waals surface area contributed by atoms with E-state index in [-0.39, 0.29) is 6.03 Å². The van der Waals surface area contributed by atoms with Gasteiger partial charge >= 0.3 is 6.03 Å². The smallest absolute Gasteiger partial charge is 0.321 e. The second-order valence-corrected chi connectivity index (χ2v) is 7.75.